The van der Waals surface area contributed by atoms with Crippen LogP contribution in [-0.2, 0) is 10.0 Å². The van der Waals surface area contributed by atoms with E-state index in [1.807, 2.05) is 6.92 Å². The molecule has 6 nitrogen and oxygen atoms in total. The van der Waals surface area contributed by atoms with E-state index in [2.05, 4.69) is 10.0 Å². The number of hydrogen-bond donors (Lipinski definition) is 2. The second kappa shape index (κ2) is 7.96. The van der Waals surface area contributed by atoms with Crippen LogP contribution in [0.25, 0.3) is 0 Å². The van der Waals surface area contributed by atoms with Gasteiger partial charge in [-0.25, -0.2) is 8.42 Å². The molecule has 0 saturated heterocycles. The first kappa shape index (κ1) is 16.6. The van der Waals surface area contributed by atoms with Gasteiger partial charge in [-0.2, -0.15) is 0 Å². The third-order valence-corrected chi connectivity index (χ3v) is 3.92. The lowest BCUT2D eigenvalue weighted by Crippen LogP contribution is -2.27. The van der Waals surface area contributed by atoms with E-state index in [4.69, 9.17) is 9.47 Å². The summed E-state index contributed by atoms with van der Waals surface area (Å²) in [5, 5.41) is 3.05. The first-order valence-corrected chi connectivity index (χ1v) is 8.11. The Morgan fingerprint density at radius 2 is 1.90 bits per heavy atom. The summed E-state index contributed by atoms with van der Waals surface area (Å²) in [5.41, 5.74) is 0.406. The van der Waals surface area contributed by atoms with Crippen molar-refractivity contribution < 1.29 is 17.9 Å². The van der Waals surface area contributed by atoms with Crippen LogP contribution in [0.2, 0.25) is 0 Å². The Hall–Kier alpha value is -1.47. The third kappa shape index (κ3) is 5.26. The van der Waals surface area contributed by atoms with Gasteiger partial charge in [-0.15, -0.1) is 0 Å². The highest BCUT2D eigenvalue weighted by atomic mass is 32.2. The lowest BCUT2D eigenvalue weighted by atomic mass is 10.3. The van der Waals surface area contributed by atoms with Crippen LogP contribution in [0.3, 0.4) is 0 Å². The van der Waals surface area contributed by atoms with Crippen LogP contribution in [0, 0.1) is 0 Å². The molecule has 20 heavy (non-hydrogen) atoms. The summed E-state index contributed by atoms with van der Waals surface area (Å²) in [7, 11) is -0.379. The Bertz CT molecular complexity index is 517. The van der Waals surface area contributed by atoms with Gasteiger partial charge in [-0.3, -0.25) is 4.72 Å². The van der Waals surface area contributed by atoms with Crippen LogP contribution in [-0.4, -0.2) is 41.5 Å². The van der Waals surface area contributed by atoms with Crippen LogP contribution in [0.5, 0.6) is 11.5 Å². The molecular formula is C13H22N2O4S. The Balaban J connectivity index is 2.71. The van der Waals surface area contributed by atoms with Crippen molar-refractivity contribution >= 4 is 15.7 Å². The lowest BCUT2D eigenvalue weighted by molar-refractivity contribution is 0.395. The molecule has 2 N–H and O–H groups in total. The molecule has 7 heteroatoms. The van der Waals surface area contributed by atoms with Gasteiger partial charge in [0.1, 0.15) is 11.5 Å². The highest BCUT2D eigenvalue weighted by Crippen LogP contribution is 2.29. The predicted octanol–water partition coefficient (Wildman–Crippen LogP) is 1.45. The molecule has 1 aromatic rings. The molecule has 0 atom stereocenters. The van der Waals surface area contributed by atoms with Crippen molar-refractivity contribution in [2.24, 2.45) is 0 Å². The van der Waals surface area contributed by atoms with Crippen molar-refractivity contribution in [1.82, 2.24) is 5.32 Å². The van der Waals surface area contributed by atoms with Crippen LogP contribution in [0.15, 0.2) is 18.2 Å². The molecule has 0 aliphatic rings. The van der Waals surface area contributed by atoms with E-state index in [9.17, 15) is 8.42 Å². The standard InChI is InChI=1S/C13H22N2O4S/c1-4-7-14-8-9-20(16,17)15-12-6-5-11(18-2)10-13(12)19-3/h5-6,10,14-15H,4,7-9H2,1-3H3. The number of methoxy groups -OCH3 is 2. The second-order valence-corrected chi connectivity index (χ2v) is 6.08. The lowest BCUT2D eigenvalue weighted by Gasteiger charge is -2.13. The van der Waals surface area contributed by atoms with E-state index in [0.717, 1.165) is 13.0 Å². The molecule has 0 amide bonds. The molecule has 0 unspecified atom stereocenters. The van der Waals surface area contributed by atoms with Crippen molar-refractivity contribution in [3.8, 4) is 11.5 Å². The van der Waals surface area contributed by atoms with Crippen LogP contribution >= 0.6 is 0 Å². The van der Waals surface area contributed by atoms with Crippen molar-refractivity contribution in [1.29, 1.82) is 0 Å². The number of nitrogens with one attached hydrogen (secondary N) is 2. The number of anilines is 1. The Morgan fingerprint density at radius 1 is 1.15 bits per heavy atom. The van der Waals surface area contributed by atoms with Gasteiger partial charge in [-0.1, -0.05) is 6.92 Å². The topological polar surface area (TPSA) is 76.7 Å². The summed E-state index contributed by atoms with van der Waals surface area (Å²) >= 11 is 0. The maximum Gasteiger partial charge on any atom is 0.234 e. The summed E-state index contributed by atoms with van der Waals surface area (Å²) in [6.45, 7) is 3.25. The number of benzene rings is 1. The molecule has 0 heterocycles. The Kier molecular flexibility index (Phi) is 6.60. The zero-order valence-electron chi connectivity index (χ0n) is 12.1. The average Bonchev–Trinajstić information content (AvgIpc) is 2.43. The molecule has 0 radical (unpaired) electrons. The van der Waals surface area contributed by atoms with Crippen LogP contribution in [0.1, 0.15) is 13.3 Å². The molecule has 114 valence electrons. The number of hydrogen-bond acceptors (Lipinski definition) is 5. The SMILES string of the molecule is CCCNCCS(=O)(=O)Nc1ccc(OC)cc1OC. The van der Waals surface area contributed by atoms with E-state index < -0.39 is 10.0 Å². The van der Waals surface area contributed by atoms with Gasteiger partial charge < -0.3 is 14.8 Å². The molecule has 0 aromatic heterocycles. The zero-order valence-corrected chi connectivity index (χ0v) is 12.9. The minimum absolute atomic E-state index is 0.0161. The minimum Gasteiger partial charge on any atom is -0.497 e. The van der Waals surface area contributed by atoms with E-state index in [1.165, 1.54) is 14.2 Å². The fourth-order valence-corrected chi connectivity index (χ4v) is 2.63. The first-order valence-electron chi connectivity index (χ1n) is 6.45. The Morgan fingerprint density at radius 3 is 2.50 bits per heavy atom. The van der Waals surface area contributed by atoms with E-state index in [1.54, 1.807) is 18.2 Å². The summed E-state index contributed by atoms with van der Waals surface area (Å²) in [6, 6.07) is 4.93. The highest BCUT2D eigenvalue weighted by molar-refractivity contribution is 7.92. The molecule has 1 rings (SSSR count). The molecule has 0 spiro atoms. The third-order valence-electron chi connectivity index (χ3n) is 2.65. The van der Waals surface area contributed by atoms with Gasteiger partial charge >= 0.3 is 0 Å². The van der Waals surface area contributed by atoms with Crippen LogP contribution < -0.4 is 19.5 Å². The molecule has 0 saturated carbocycles. The fourth-order valence-electron chi connectivity index (χ4n) is 1.61. The highest BCUT2D eigenvalue weighted by Gasteiger charge is 2.13. The first-order chi connectivity index (χ1) is 9.52. The van der Waals surface area contributed by atoms with Gasteiger partial charge in [0, 0.05) is 12.6 Å². The van der Waals surface area contributed by atoms with Crippen molar-refractivity contribution in [2.45, 2.75) is 13.3 Å². The average molecular weight is 302 g/mol. The van der Waals surface area contributed by atoms with Crippen molar-refractivity contribution in [3.63, 3.8) is 0 Å². The maximum absolute atomic E-state index is 11.9. The van der Waals surface area contributed by atoms with Gasteiger partial charge in [0.15, 0.2) is 0 Å². The van der Waals surface area contributed by atoms with Gasteiger partial charge in [0.2, 0.25) is 10.0 Å². The largest absolute Gasteiger partial charge is 0.497 e. The van der Waals surface area contributed by atoms with Gasteiger partial charge in [0.05, 0.1) is 25.7 Å². The maximum atomic E-state index is 11.9. The quantitative estimate of drug-likeness (QED) is 0.675. The van der Waals surface area contributed by atoms with E-state index >= 15 is 0 Å². The number of rotatable bonds is 9. The number of sulfonamides is 1. The van der Waals surface area contributed by atoms with Crippen molar-refractivity contribution in [2.75, 3.05) is 37.8 Å². The summed E-state index contributed by atoms with van der Waals surface area (Å²) in [6.07, 6.45) is 0.972. The summed E-state index contributed by atoms with van der Waals surface area (Å²) < 4.78 is 36.6. The van der Waals surface area contributed by atoms with E-state index in [0.29, 0.717) is 23.7 Å². The molecule has 1 aromatic carbocycles. The second-order valence-electron chi connectivity index (χ2n) is 4.24. The summed E-state index contributed by atoms with van der Waals surface area (Å²) in [5.74, 6) is 1.05. The van der Waals surface area contributed by atoms with E-state index in [-0.39, 0.29) is 5.75 Å². The molecule has 0 aliphatic heterocycles. The van der Waals surface area contributed by atoms with Crippen molar-refractivity contribution in [3.05, 3.63) is 18.2 Å². The molecule has 0 bridgehead atoms. The fraction of sp³-hybridized carbons (Fsp3) is 0.538. The normalized spacial score (nSPS) is 11.2. The Labute approximate surface area is 120 Å². The minimum atomic E-state index is -3.40. The van der Waals surface area contributed by atoms with Crippen LogP contribution in [0.4, 0.5) is 5.69 Å². The monoisotopic (exact) mass is 302 g/mol. The predicted molar refractivity (Wildman–Crippen MR) is 80.1 cm³/mol. The molecular weight excluding hydrogens is 280 g/mol. The number of ether oxygens (including phenoxy) is 2. The van der Waals surface area contributed by atoms with Gasteiger partial charge in [0.25, 0.3) is 0 Å². The zero-order chi connectivity index (χ0) is 15.0. The smallest absolute Gasteiger partial charge is 0.234 e. The molecule has 0 aliphatic carbocycles. The van der Waals surface area contributed by atoms with Gasteiger partial charge in [-0.05, 0) is 25.1 Å². The summed E-state index contributed by atoms with van der Waals surface area (Å²) in [4.78, 5) is 0. The molecule has 0 fully saturated rings.